The topological polar surface area (TPSA) is 66.5 Å². The summed E-state index contributed by atoms with van der Waals surface area (Å²) in [7, 11) is 0. The second-order valence-electron chi connectivity index (χ2n) is 5.63. The number of nitrogens with zero attached hydrogens (tertiary/aromatic N) is 2. The van der Waals surface area contributed by atoms with Gasteiger partial charge in [-0.25, -0.2) is 4.98 Å². The summed E-state index contributed by atoms with van der Waals surface area (Å²) in [6.45, 7) is 4.87. The van der Waals surface area contributed by atoms with Crippen molar-refractivity contribution in [2.45, 2.75) is 0 Å². The van der Waals surface area contributed by atoms with Gasteiger partial charge in [0.2, 0.25) is 0 Å². The molecule has 0 unspecified atom stereocenters. The summed E-state index contributed by atoms with van der Waals surface area (Å²) >= 11 is 0. The number of rotatable bonds is 6. The molecule has 0 radical (unpaired) electrons. The largest absolute Gasteiger partial charge is 0.379 e. The van der Waals surface area contributed by atoms with E-state index in [0.717, 1.165) is 38.5 Å². The Labute approximate surface area is 141 Å². The molecule has 6 heteroatoms. The Morgan fingerprint density at radius 3 is 2.75 bits per heavy atom. The van der Waals surface area contributed by atoms with E-state index in [1.54, 1.807) is 18.3 Å². The molecule has 3 rings (SSSR count). The summed E-state index contributed by atoms with van der Waals surface area (Å²) in [6, 6.07) is 13.2. The van der Waals surface area contributed by atoms with Crippen LogP contribution in [0.25, 0.3) is 0 Å². The molecule has 0 saturated carbocycles. The summed E-state index contributed by atoms with van der Waals surface area (Å²) in [4.78, 5) is 18.8. The molecule has 1 aromatic heterocycles. The van der Waals surface area contributed by atoms with Crippen molar-refractivity contribution in [2.75, 3.05) is 44.7 Å². The van der Waals surface area contributed by atoms with Gasteiger partial charge in [-0.05, 0) is 24.3 Å². The molecular formula is C18H22N4O2. The Morgan fingerprint density at radius 2 is 1.96 bits per heavy atom. The van der Waals surface area contributed by atoms with E-state index in [1.165, 1.54) is 0 Å². The predicted molar refractivity (Wildman–Crippen MR) is 93.6 cm³/mol. The lowest BCUT2D eigenvalue weighted by Crippen LogP contribution is -2.41. The molecule has 0 atom stereocenters. The van der Waals surface area contributed by atoms with Crippen molar-refractivity contribution < 1.29 is 9.53 Å². The van der Waals surface area contributed by atoms with Crippen molar-refractivity contribution >= 4 is 17.4 Å². The van der Waals surface area contributed by atoms with Gasteiger partial charge < -0.3 is 15.4 Å². The van der Waals surface area contributed by atoms with Crippen molar-refractivity contribution in [3.63, 3.8) is 0 Å². The first-order valence-corrected chi connectivity index (χ1v) is 8.18. The first-order chi connectivity index (χ1) is 11.8. The number of benzene rings is 1. The van der Waals surface area contributed by atoms with Crippen LogP contribution in [-0.2, 0) is 4.74 Å². The maximum atomic E-state index is 12.3. The van der Waals surface area contributed by atoms with Crippen LogP contribution in [0.1, 0.15) is 10.4 Å². The predicted octanol–water partition coefficient (Wildman–Crippen LogP) is 1.89. The second-order valence-corrected chi connectivity index (χ2v) is 5.63. The molecule has 1 fully saturated rings. The number of ether oxygens (including phenoxy) is 1. The highest BCUT2D eigenvalue weighted by Crippen LogP contribution is 2.14. The van der Waals surface area contributed by atoms with Crippen molar-refractivity contribution in [1.29, 1.82) is 0 Å². The number of aromatic nitrogens is 1. The summed E-state index contributed by atoms with van der Waals surface area (Å²) in [5, 5.41) is 6.15. The van der Waals surface area contributed by atoms with E-state index in [0.29, 0.717) is 17.9 Å². The van der Waals surface area contributed by atoms with Crippen LogP contribution in [0.5, 0.6) is 0 Å². The molecule has 1 aliphatic heterocycles. The minimum atomic E-state index is -0.0817. The number of nitrogens with one attached hydrogen (secondary N) is 2. The van der Waals surface area contributed by atoms with Crippen LogP contribution in [-0.4, -0.2) is 55.2 Å². The molecular weight excluding hydrogens is 304 g/mol. The number of carbonyl (C=O) groups is 1. The minimum Gasteiger partial charge on any atom is -0.379 e. The smallest absolute Gasteiger partial charge is 0.251 e. The van der Waals surface area contributed by atoms with Crippen molar-refractivity contribution in [3.05, 3.63) is 54.2 Å². The average Bonchev–Trinajstić information content (AvgIpc) is 2.64. The third kappa shape index (κ3) is 4.78. The second kappa shape index (κ2) is 8.42. The molecule has 0 bridgehead atoms. The van der Waals surface area contributed by atoms with Crippen LogP contribution in [0.3, 0.4) is 0 Å². The lowest BCUT2D eigenvalue weighted by Gasteiger charge is -2.26. The third-order valence-electron chi connectivity index (χ3n) is 3.89. The van der Waals surface area contributed by atoms with Crippen LogP contribution in [0.4, 0.5) is 11.5 Å². The molecule has 2 heterocycles. The van der Waals surface area contributed by atoms with Gasteiger partial charge in [0.15, 0.2) is 0 Å². The van der Waals surface area contributed by atoms with E-state index in [1.807, 2.05) is 30.3 Å². The minimum absolute atomic E-state index is 0.0817. The van der Waals surface area contributed by atoms with Gasteiger partial charge in [-0.15, -0.1) is 0 Å². The zero-order chi connectivity index (χ0) is 16.6. The number of pyridine rings is 1. The number of morpholine rings is 1. The first kappa shape index (κ1) is 16.4. The Kier molecular flexibility index (Phi) is 5.76. The number of para-hydroxylation sites is 1. The van der Waals surface area contributed by atoms with Gasteiger partial charge in [-0.2, -0.15) is 0 Å². The van der Waals surface area contributed by atoms with E-state index in [4.69, 9.17) is 4.74 Å². The van der Waals surface area contributed by atoms with Crippen molar-refractivity contribution in [1.82, 2.24) is 15.2 Å². The monoisotopic (exact) mass is 326 g/mol. The molecule has 2 aromatic rings. The average molecular weight is 326 g/mol. The highest BCUT2D eigenvalue weighted by atomic mass is 16.5. The number of hydrogen-bond acceptors (Lipinski definition) is 5. The lowest BCUT2D eigenvalue weighted by molar-refractivity contribution is 0.0383. The van der Waals surface area contributed by atoms with Gasteiger partial charge in [0.25, 0.3) is 5.91 Å². The van der Waals surface area contributed by atoms with Crippen LogP contribution in [0.2, 0.25) is 0 Å². The summed E-state index contributed by atoms with van der Waals surface area (Å²) in [5.74, 6) is 0.573. The summed E-state index contributed by atoms with van der Waals surface area (Å²) in [6.07, 6.45) is 1.64. The molecule has 1 saturated heterocycles. The van der Waals surface area contributed by atoms with Gasteiger partial charge in [0, 0.05) is 43.6 Å². The molecule has 126 valence electrons. The van der Waals surface area contributed by atoms with Gasteiger partial charge in [-0.3, -0.25) is 9.69 Å². The molecule has 6 nitrogen and oxygen atoms in total. The van der Waals surface area contributed by atoms with Crippen molar-refractivity contribution in [3.8, 4) is 0 Å². The SMILES string of the molecule is O=C(NCCN1CCOCC1)c1ccnc(Nc2ccccc2)c1. The van der Waals surface area contributed by atoms with Crippen LogP contribution in [0, 0.1) is 0 Å². The molecule has 2 N–H and O–H groups in total. The molecule has 24 heavy (non-hydrogen) atoms. The molecule has 1 aliphatic rings. The van der Waals surface area contributed by atoms with E-state index < -0.39 is 0 Å². The van der Waals surface area contributed by atoms with Crippen LogP contribution >= 0.6 is 0 Å². The fourth-order valence-electron chi connectivity index (χ4n) is 2.56. The summed E-state index contributed by atoms with van der Waals surface area (Å²) in [5.41, 5.74) is 1.54. The zero-order valence-electron chi connectivity index (χ0n) is 13.6. The van der Waals surface area contributed by atoms with E-state index >= 15 is 0 Å². The molecule has 1 amide bonds. The fraction of sp³-hybridized carbons (Fsp3) is 0.333. The third-order valence-corrected chi connectivity index (χ3v) is 3.89. The number of anilines is 2. The maximum Gasteiger partial charge on any atom is 0.251 e. The Bertz CT molecular complexity index is 657. The number of hydrogen-bond donors (Lipinski definition) is 2. The van der Waals surface area contributed by atoms with Gasteiger partial charge in [0.1, 0.15) is 5.82 Å². The first-order valence-electron chi connectivity index (χ1n) is 8.18. The maximum absolute atomic E-state index is 12.3. The van der Waals surface area contributed by atoms with Crippen LogP contribution < -0.4 is 10.6 Å². The van der Waals surface area contributed by atoms with Crippen molar-refractivity contribution in [2.24, 2.45) is 0 Å². The Balaban J connectivity index is 1.52. The number of amides is 1. The summed E-state index contributed by atoms with van der Waals surface area (Å²) < 4.78 is 5.32. The Hall–Kier alpha value is -2.44. The van der Waals surface area contributed by atoms with E-state index in [-0.39, 0.29) is 5.91 Å². The van der Waals surface area contributed by atoms with E-state index in [2.05, 4.69) is 20.5 Å². The Morgan fingerprint density at radius 1 is 1.17 bits per heavy atom. The van der Waals surface area contributed by atoms with Gasteiger partial charge >= 0.3 is 0 Å². The highest BCUT2D eigenvalue weighted by Gasteiger charge is 2.11. The normalized spacial score (nSPS) is 15.0. The zero-order valence-corrected chi connectivity index (χ0v) is 13.6. The fourth-order valence-corrected chi connectivity index (χ4v) is 2.56. The highest BCUT2D eigenvalue weighted by molar-refractivity contribution is 5.94. The van der Waals surface area contributed by atoms with Gasteiger partial charge in [0.05, 0.1) is 13.2 Å². The van der Waals surface area contributed by atoms with E-state index in [9.17, 15) is 4.79 Å². The molecule has 0 spiro atoms. The quantitative estimate of drug-likeness (QED) is 0.848. The standard InChI is InChI=1S/C18H22N4O2/c23-18(20-8-9-22-10-12-24-13-11-22)15-6-7-19-17(14-15)21-16-4-2-1-3-5-16/h1-7,14H,8-13H2,(H,19,21)(H,20,23). The lowest BCUT2D eigenvalue weighted by atomic mass is 10.2. The van der Waals surface area contributed by atoms with Crippen LogP contribution in [0.15, 0.2) is 48.7 Å². The number of carbonyl (C=O) groups excluding carboxylic acids is 1. The molecule has 1 aromatic carbocycles. The molecule has 0 aliphatic carbocycles. The van der Waals surface area contributed by atoms with Gasteiger partial charge in [-0.1, -0.05) is 18.2 Å².